The Labute approximate surface area is 122 Å². The van der Waals surface area contributed by atoms with Gasteiger partial charge in [-0.1, -0.05) is 20.3 Å². The SMILES string of the molecule is CCCC(C)NCCn1ncc(N(C)CCC)cc1=O. The Balaban J connectivity index is 2.54. The number of anilines is 1. The Morgan fingerprint density at radius 2 is 2.15 bits per heavy atom. The lowest BCUT2D eigenvalue weighted by molar-refractivity contribution is 0.463. The van der Waals surface area contributed by atoms with E-state index < -0.39 is 0 Å². The fourth-order valence-electron chi connectivity index (χ4n) is 2.22. The Morgan fingerprint density at radius 1 is 1.40 bits per heavy atom. The van der Waals surface area contributed by atoms with Crippen LogP contribution in [0.1, 0.15) is 40.0 Å². The molecule has 1 rings (SSSR count). The van der Waals surface area contributed by atoms with Crippen LogP contribution in [0.25, 0.3) is 0 Å². The average molecular weight is 280 g/mol. The molecule has 0 aliphatic carbocycles. The molecule has 5 nitrogen and oxygen atoms in total. The van der Waals surface area contributed by atoms with Gasteiger partial charge in [-0.2, -0.15) is 5.10 Å². The summed E-state index contributed by atoms with van der Waals surface area (Å²) < 4.78 is 1.52. The van der Waals surface area contributed by atoms with Crippen molar-refractivity contribution in [1.82, 2.24) is 15.1 Å². The molecule has 20 heavy (non-hydrogen) atoms. The summed E-state index contributed by atoms with van der Waals surface area (Å²) in [6.07, 6.45) is 5.15. The Hall–Kier alpha value is -1.36. The van der Waals surface area contributed by atoms with Gasteiger partial charge in [0.05, 0.1) is 18.4 Å². The molecule has 1 aromatic heterocycles. The molecule has 0 aromatic carbocycles. The van der Waals surface area contributed by atoms with Gasteiger partial charge < -0.3 is 10.2 Å². The third-order valence-electron chi connectivity index (χ3n) is 3.39. The van der Waals surface area contributed by atoms with E-state index in [0.717, 1.165) is 31.6 Å². The van der Waals surface area contributed by atoms with Crippen LogP contribution in [-0.2, 0) is 6.54 Å². The molecule has 0 aliphatic heterocycles. The predicted octanol–water partition coefficient (Wildman–Crippen LogP) is 1.87. The molecule has 1 heterocycles. The summed E-state index contributed by atoms with van der Waals surface area (Å²) in [5.74, 6) is 0. The summed E-state index contributed by atoms with van der Waals surface area (Å²) in [4.78, 5) is 14.1. The van der Waals surface area contributed by atoms with Crippen molar-refractivity contribution in [2.24, 2.45) is 0 Å². The van der Waals surface area contributed by atoms with Crippen LogP contribution in [0.2, 0.25) is 0 Å². The van der Waals surface area contributed by atoms with E-state index in [0.29, 0.717) is 12.6 Å². The lowest BCUT2D eigenvalue weighted by atomic mass is 10.2. The van der Waals surface area contributed by atoms with Crippen molar-refractivity contribution in [3.63, 3.8) is 0 Å². The second-order valence-corrected chi connectivity index (χ2v) is 5.34. The fourth-order valence-corrected chi connectivity index (χ4v) is 2.22. The molecule has 0 saturated heterocycles. The minimum absolute atomic E-state index is 0.0320. The van der Waals surface area contributed by atoms with Gasteiger partial charge in [0.15, 0.2) is 0 Å². The molecule has 114 valence electrons. The van der Waals surface area contributed by atoms with E-state index >= 15 is 0 Å². The van der Waals surface area contributed by atoms with Crippen molar-refractivity contribution in [2.45, 2.75) is 52.6 Å². The maximum atomic E-state index is 12.0. The number of nitrogens with one attached hydrogen (secondary N) is 1. The molecule has 0 spiro atoms. The number of rotatable bonds is 9. The van der Waals surface area contributed by atoms with Crippen LogP contribution >= 0.6 is 0 Å². The molecule has 5 heteroatoms. The maximum Gasteiger partial charge on any atom is 0.268 e. The van der Waals surface area contributed by atoms with Crippen LogP contribution in [0.15, 0.2) is 17.1 Å². The molecule has 1 unspecified atom stereocenters. The smallest absolute Gasteiger partial charge is 0.268 e. The van der Waals surface area contributed by atoms with Crippen molar-refractivity contribution >= 4 is 5.69 Å². The van der Waals surface area contributed by atoms with E-state index in [1.807, 2.05) is 7.05 Å². The number of hydrogen-bond acceptors (Lipinski definition) is 4. The zero-order valence-electron chi connectivity index (χ0n) is 13.2. The molecule has 1 N–H and O–H groups in total. The van der Waals surface area contributed by atoms with Gasteiger partial charge in [-0.15, -0.1) is 0 Å². The van der Waals surface area contributed by atoms with Crippen LogP contribution in [-0.4, -0.2) is 36.0 Å². The third-order valence-corrected chi connectivity index (χ3v) is 3.39. The molecular formula is C15H28N4O. The van der Waals surface area contributed by atoms with Crippen LogP contribution < -0.4 is 15.8 Å². The Bertz CT molecular complexity index is 444. The first-order valence-corrected chi connectivity index (χ1v) is 7.60. The van der Waals surface area contributed by atoms with Crippen molar-refractivity contribution in [3.8, 4) is 0 Å². The standard InChI is InChI=1S/C15H28N4O/c1-5-7-13(3)16-8-10-19-15(20)11-14(12-17-19)18(4)9-6-2/h11-13,16H,5-10H2,1-4H3. The quantitative estimate of drug-likeness (QED) is 0.750. The number of aromatic nitrogens is 2. The first-order chi connectivity index (χ1) is 9.58. The monoisotopic (exact) mass is 280 g/mol. The van der Waals surface area contributed by atoms with Gasteiger partial charge in [0.2, 0.25) is 0 Å². The molecule has 0 bridgehead atoms. The highest BCUT2D eigenvalue weighted by Crippen LogP contribution is 2.06. The van der Waals surface area contributed by atoms with Crippen LogP contribution in [0.5, 0.6) is 0 Å². The second-order valence-electron chi connectivity index (χ2n) is 5.34. The Kier molecular flexibility index (Phi) is 7.30. The fraction of sp³-hybridized carbons (Fsp3) is 0.733. The lowest BCUT2D eigenvalue weighted by Gasteiger charge is -2.18. The maximum absolute atomic E-state index is 12.0. The molecule has 0 fully saturated rings. The summed E-state index contributed by atoms with van der Waals surface area (Å²) in [6.45, 7) is 8.79. The van der Waals surface area contributed by atoms with E-state index in [2.05, 4.69) is 36.1 Å². The van der Waals surface area contributed by atoms with Gasteiger partial charge >= 0.3 is 0 Å². The molecule has 1 aromatic rings. The third kappa shape index (κ3) is 5.33. The first-order valence-electron chi connectivity index (χ1n) is 7.60. The van der Waals surface area contributed by atoms with Crippen LogP contribution in [0, 0.1) is 0 Å². The van der Waals surface area contributed by atoms with E-state index in [9.17, 15) is 4.79 Å². The number of nitrogens with zero attached hydrogens (tertiary/aromatic N) is 3. The van der Waals surface area contributed by atoms with Crippen LogP contribution in [0.3, 0.4) is 0 Å². The van der Waals surface area contributed by atoms with Crippen molar-refractivity contribution in [1.29, 1.82) is 0 Å². The second kappa shape index (κ2) is 8.74. The lowest BCUT2D eigenvalue weighted by Crippen LogP contribution is -2.33. The largest absolute Gasteiger partial charge is 0.373 e. The molecule has 0 amide bonds. The number of hydrogen-bond donors (Lipinski definition) is 1. The summed E-state index contributed by atoms with van der Waals surface area (Å²) in [5.41, 5.74) is 0.857. The molecule has 0 radical (unpaired) electrons. The summed E-state index contributed by atoms with van der Waals surface area (Å²) in [5, 5.41) is 7.65. The van der Waals surface area contributed by atoms with Crippen molar-refractivity contribution in [3.05, 3.63) is 22.6 Å². The molecule has 0 saturated carbocycles. The highest BCUT2D eigenvalue weighted by molar-refractivity contribution is 5.41. The summed E-state index contributed by atoms with van der Waals surface area (Å²) in [6, 6.07) is 2.16. The van der Waals surface area contributed by atoms with E-state index in [1.54, 1.807) is 12.3 Å². The zero-order chi connectivity index (χ0) is 15.0. The van der Waals surface area contributed by atoms with Gasteiger partial charge in [0.25, 0.3) is 5.56 Å². The van der Waals surface area contributed by atoms with Gasteiger partial charge in [-0.3, -0.25) is 4.79 Å². The van der Waals surface area contributed by atoms with Gasteiger partial charge in [-0.05, 0) is 19.8 Å². The summed E-state index contributed by atoms with van der Waals surface area (Å²) >= 11 is 0. The molecule has 0 aliphatic rings. The predicted molar refractivity (Wildman–Crippen MR) is 84.4 cm³/mol. The first kappa shape index (κ1) is 16.7. The normalized spacial score (nSPS) is 12.4. The van der Waals surface area contributed by atoms with Gasteiger partial charge in [0, 0.05) is 32.2 Å². The van der Waals surface area contributed by atoms with Gasteiger partial charge in [-0.25, -0.2) is 4.68 Å². The highest BCUT2D eigenvalue weighted by Gasteiger charge is 2.05. The van der Waals surface area contributed by atoms with E-state index in [4.69, 9.17) is 0 Å². The van der Waals surface area contributed by atoms with E-state index in [-0.39, 0.29) is 5.56 Å². The topological polar surface area (TPSA) is 50.2 Å². The molecular weight excluding hydrogens is 252 g/mol. The average Bonchev–Trinajstić information content (AvgIpc) is 2.41. The zero-order valence-corrected chi connectivity index (χ0v) is 13.2. The van der Waals surface area contributed by atoms with Gasteiger partial charge in [0.1, 0.15) is 0 Å². The minimum Gasteiger partial charge on any atom is -0.373 e. The Morgan fingerprint density at radius 3 is 2.75 bits per heavy atom. The van der Waals surface area contributed by atoms with Crippen molar-refractivity contribution < 1.29 is 0 Å². The van der Waals surface area contributed by atoms with E-state index in [1.165, 1.54) is 11.1 Å². The summed E-state index contributed by atoms with van der Waals surface area (Å²) in [7, 11) is 1.98. The highest BCUT2D eigenvalue weighted by atomic mass is 16.1. The van der Waals surface area contributed by atoms with Crippen molar-refractivity contribution in [2.75, 3.05) is 25.0 Å². The van der Waals surface area contributed by atoms with Crippen LogP contribution in [0.4, 0.5) is 5.69 Å². The molecule has 1 atom stereocenters. The minimum atomic E-state index is -0.0320.